The van der Waals surface area contributed by atoms with E-state index in [0.29, 0.717) is 22.2 Å². The quantitative estimate of drug-likeness (QED) is 0.189. The number of benzene rings is 3. The lowest BCUT2D eigenvalue weighted by atomic mass is 10.2. The molecule has 0 aromatic heterocycles. The molecule has 0 saturated carbocycles. The zero-order valence-corrected chi connectivity index (χ0v) is 17.8. The van der Waals surface area contributed by atoms with Gasteiger partial charge in [-0.1, -0.05) is 12.1 Å². The highest BCUT2D eigenvalue weighted by Gasteiger charge is 2.09. The third kappa shape index (κ3) is 6.55. The third-order valence-electron chi connectivity index (χ3n) is 4.12. The summed E-state index contributed by atoms with van der Waals surface area (Å²) >= 11 is 5.22. The zero-order chi connectivity index (χ0) is 22.1. The van der Waals surface area contributed by atoms with Crippen LogP contribution in [0.2, 0.25) is 0 Å². The number of carbonyl (C=O) groups is 1. The number of nitrogens with zero attached hydrogens (tertiary/aromatic N) is 1. The molecule has 2 N–H and O–H groups in total. The van der Waals surface area contributed by atoms with Gasteiger partial charge in [0.15, 0.2) is 5.11 Å². The molecule has 0 spiro atoms. The summed E-state index contributed by atoms with van der Waals surface area (Å²) in [6, 6.07) is 21.0. The number of methoxy groups -OCH3 is 2. The Morgan fingerprint density at radius 3 is 2.19 bits per heavy atom. The Hall–Kier alpha value is -3.91. The van der Waals surface area contributed by atoms with Gasteiger partial charge in [-0.2, -0.15) is 5.10 Å². The van der Waals surface area contributed by atoms with Crippen LogP contribution < -0.4 is 25.0 Å². The number of carbonyl (C=O) groups excluding carboxylic acids is 1. The van der Waals surface area contributed by atoms with Gasteiger partial charge in [-0.05, 0) is 78.4 Å². The minimum absolute atomic E-state index is 0.337. The van der Waals surface area contributed by atoms with Crippen LogP contribution in [0.15, 0.2) is 77.9 Å². The molecule has 0 aliphatic heterocycles. The molecule has 3 aromatic rings. The number of esters is 1. The van der Waals surface area contributed by atoms with Gasteiger partial charge in [-0.3, -0.25) is 5.43 Å². The average molecular weight is 436 g/mol. The first-order valence-corrected chi connectivity index (χ1v) is 9.68. The van der Waals surface area contributed by atoms with E-state index in [0.717, 1.165) is 17.0 Å². The van der Waals surface area contributed by atoms with E-state index in [1.54, 1.807) is 62.9 Å². The first kappa shape index (κ1) is 21.8. The normalized spacial score (nSPS) is 10.4. The van der Waals surface area contributed by atoms with Crippen LogP contribution in [0.1, 0.15) is 15.9 Å². The van der Waals surface area contributed by atoms with Gasteiger partial charge in [0.1, 0.15) is 17.2 Å². The van der Waals surface area contributed by atoms with Crippen LogP contribution >= 0.6 is 12.2 Å². The first-order chi connectivity index (χ1) is 15.1. The van der Waals surface area contributed by atoms with Gasteiger partial charge in [-0.25, -0.2) is 4.79 Å². The molecule has 0 amide bonds. The van der Waals surface area contributed by atoms with Gasteiger partial charge >= 0.3 is 5.97 Å². The summed E-state index contributed by atoms with van der Waals surface area (Å²) in [7, 11) is 3.18. The lowest BCUT2D eigenvalue weighted by Crippen LogP contribution is -2.23. The van der Waals surface area contributed by atoms with Crippen molar-refractivity contribution >= 4 is 35.2 Å². The van der Waals surface area contributed by atoms with Gasteiger partial charge in [-0.15, -0.1) is 0 Å². The minimum Gasteiger partial charge on any atom is -0.497 e. The molecule has 0 radical (unpaired) electrons. The largest absolute Gasteiger partial charge is 0.497 e. The predicted molar refractivity (Wildman–Crippen MR) is 124 cm³/mol. The Labute approximate surface area is 185 Å². The van der Waals surface area contributed by atoms with E-state index in [4.69, 9.17) is 26.4 Å². The van der Waals surface area contributed by atoms with Crippen molar-refractivity contribution in [1.29, 1.82) is 0 Å². The molecule has 3 aromatic carbocycles. The van der Waals surface area contributed by atoms with E-state index >= 15 is 0 Å². The zero-order valence-electron chi connectivity index (χ0n) is 17.0. The maximum atomic E-state index is 12.3. The van der Waals surface area contributed by atoms with Crippen molar-refractivity contribution in [2.24, 2.45) is 5.10 Å². The van der Waals surface area contributed by atoms with Gasteiger partial charge in [0.05, 0.1) is 26.0 Å². The topological polar surface area (TPSA) is 81.2 Å². The Kier molecular flexibility index (Phi) is 7.56. The highest BCUT2D eigenvalue weighted by atomic mass is 32.1. The average Bonchev–Trinajstić information content (AvgIpc) is 2.80. The number of hydrogen-bond donors (Lipinski definition) is 2. The number of hydrogen-bond acceptors (Lipinski definition) is 6. The number of anilines is 1. The van der Waals surface area contributed by atoms with E-state index in [1.807, 2.05) is 30.3 Å². The molecule has 158 valence electrons. The molecular weight excluding hydrogens is 414 g/mol. The predicted octanol–water partition coefficient (Wildman–Crippen LogP) is 4.24. The highest BCUT2D eigenvalue weighted by molar-refractivity contribution is 7.80. The Bertz CT molecular complexity index is 1070. The molecule has 31 heavy (non-hydrogen) atoms. The molecule has 0 atom stereocenters. The second kappa shape index (κ2) is 10.7. The van der Waals surface area contributed by atoms with E-state index < -0.39 is 5.97 Å². The van der Waals surface area contributed by atoms with Crippen LogP contribution in [-0.4, -0.2) is 31.5 Å². The van der Waals surface area contributed by atoms with Crippen molar-refractivity contribution in [3.63, 3.8) is 0 Å². The summed E-state index contributed by atoms with van der Waals surface area (Å²) in [6.45, 7) is 0. The number of thiocarbonyl (C=S) groups is 1. The molecule has 0 fully saturated rings. The van der Waals surface area contributed by atoms with Crippen molar-refractivity contribution in [2.45, 2.75) is 0 Å². The lowest BCUT2D eigenvalue weighted by Gasteiger charge is -2.08. The Morgan fingerprint density at radius 1 is 0.903 bits per heavy atom. The molecule has 0 aliphatic carbocycles. The molecule has 0 heterocycles. The fourth-order valence-corrected chi connectivity index (χ4v) is 2.72. The second-order valence-corrected chi connectivity index (χ2v) is 6.65. The summed E-state index contributed by atoms with van der Waals surface area (Å²) in [6.07, 6.45) is 1.58. The number of rotatable bonds is 7. The highest BCUT2D eigenvalue weighted by Crippen LogP contribution is 2.17. The summed E-state index contributed by atoms with van der Waals surface area (Å²) in [4.78, 5) is 12.3. The van der Waals surface area contributed by atoms with Crippen LogP contribution in [0.5, 0.6) is 17.2 Å². The van der Waals surface area contributed by atoms with Gasteiger partial charge < -0.3 is 19.5 Å². The third-order valence-corrected chi connectivity index (χ3v) is 4.32. The smallest absolute Gasteiger partial charge is 0.343 e. The van der Waals surface area contributed by atoms with Gasteiger partial charge in [0, 0.05) is 5.69 Å². The van der Waals surface area contributed by atoms with Crippen LogP contribution in [0.3, 0.4) is 0 Å². The second-order valence-electron chi connectivity index (χ2n) is 6.24. The number of ether oxygens (including phenoxy) is 3. The minimum atomic E-state index is -0.459. The maximum Gasteiger partial charge on any atom is 0.343 e. The van der Waals surface area contributed by atoms with Gasteiger partial charge in [0.25, 0.3) is 0 Å². The van der Waals surface area contributed by atoms with E-state index in [9.17, 15) is 4.79 Å². The molecule has 7 nitrogen and oxygen atoms in total. The Morgan fingerprint density at radius 2 is 1.55 bits per heavy atom. The van der Waals surface area contributed by atoms with E-state index in [2.05, 4.69) is 15.8 Å². The fourth-order valence-electron chi connectivity index (χ4n) is 2.55. The molecule has 8 heteroatoms. The van der Waals surface area contributed by atoms with Crippen LogP contribution in [-0.2, 0) is 0 Å². The van der Waals surface area contributed by atoms with E-state index in [1.165, 1.54) is 0 Å². The molecule has 3 rings (SSSR count). The van der Waals surface area contributed by atoms with Crippen molar-refractivity contribution in [3.8, 4) is 17.2 Å². The van der Waals surface area contributed by atoms with Crippen molar-refractivity contribution in [2.75, 3.05) is 19.5 Å². The summed E-state index contributed by atoms with van der Waals surface area (Å²) < 4.78 is 15.6. The molecule has 0 unspecified atom stereocenters. The maximum absolute atomic E-state index is 12.3. The fraction of sp³-hybridized carbons (Fsp3) is 0.0870. The standard InChI is InChI=1S/C23H21N3O4S/c1-28-19-10-6-17(7-11-19)22(27)30-21-5-3-4-16(14-21)15-24-26-23(31)25-18-8-12-20(29-2)13-9-18/h3-15H,1-2H3,(H2,25,26,31)/b24-15+. The van der Waals surface area contributed by atoms with Crippen molar-refractivity contribution in [3.05, 3.63) is 83.9 Å². The number of hydrazone groups is 1. The molecular formula is C23H21N3O4S. The molecule has 0 aliphatic rings. The number of nitrogens with one attached hydrogen (secondary N) is 2. The van der Waals surface area contributed by atoms with Crippen LogP contribution in [0.25, 0.3) is 0 Å². The molecule has 0 saturated heterocycles. The first-order valence-electron chi connectivity index (χ1n) is 9.28. The Balaban J connectivity index is 1.54. The van der Waals surface area contributed by atoms with E-state index in [-0.39, 0.29) is 0 Å². The summed E-state index contributed by atoms with van der Waals surface area (Å²) in [5.74, 6) is 1.38. The van der Waals surface area contributed by atoms with Crippen LogP contribution in [0, 0.1) is 0 Å². The van der Waals surface area contributed by atoms with Crippen molar-refractivity contribution in [1.82, 2.24) is 5.43 Å². The monoisotopic (exact) mass is 435 g/mol. The van der Waals surface area contributed by atoms with Crippen molar-refractivity contribution < 1.29 is 19.0 Å². The van der Waals surface area contributed by atoms with Gasteiger partial charge in [0.2, 0.25) is 0 Å². The SMILES string of the molecule is COc1ccc(NC(=S)N/N=C/c2cccc(OC(=O)c3ccc(OC)cc3)c2)cc1. The van der Waals surface area contributed by atoms with Crippen LogP contribution in [0.4, 0.5) is 5.69 Å². The summed E-state index contributed by atoms with van der Waals surface area (Å²) in [5, 5.41) is 7.46. The summed E-state index contributed by atoms with van der Waals surface area (Å²) in [5.41, 5.74) is 4.71. The lowest BCUT2D eigenvalue weighted by molar-refractivity contribution is 0.0734. The molecule has 0 bridgehead atoms.